The van der Waals surface area contributed by atoms with Crippen LogP contribution in [0.4, 0.5) is 0 Å². The molecular weight excluding hydrogens is 262 g/mol. The van der Waals surface area contributed by atoms with Crippen LogP contribution >= 0.6 is 23.8 Å². The van der Waals surface area contributed by atoms with E-state index in [4.69, 9.17) is 29.6 Å². The summed E-state index contributed by atoms with van der Waals surface area (Å²) >= 11 is 11.1. The number of hydrogen-bond acceptors (Lipinski definition) is 1. The van der Waals surface area contributed by atoms with Gasteiger partial charge in [-0.1, -0.05) is 66.3 Å². The number of rotatable bonds is 4. The zero-order chi connectivity index (χ0) is 13.0. The SMILES string of the molecule is NC(=S)C(Cc1ccccc1)c1ccc(Cl)cc1. The summed E-state index contributed by atoms with van der Waals surface area (Å²) in [7, 11) is 0. The maximum Gasteiger partial charge on any atom is 0.0806 e. The molecule has 1 unspecified atom stereocenters. The van der Waals surface area contributed by atoms with Crippen LogP contribution in [-0.2, 0) is 6.42 Å². The molecule has 0 aromatic heterocycles. The Hall–Kier alpha value is -1.38. The molecule has 3 heteroatoms. The third kappa shape index (κ3) is 3.31. The summed E-state index contributed by atoms with van der Waals surface area (Å²) in [6.07, 6.45) is 0.817. The predicted octanol–water partition coefficient (Wildman–Crippen LogP) is 3.95. The van der Waals surface area contributed by atoms with Crippen molar-refractivity contribution in [1.29, 1.82) is 0 Å². The van der Waals surface area contributed by atoms with Crippen molar-refractivity contribution >= 4 is 28.8 Å². The first-order valence-corrected chi connectivity index (χ1v) is 6.54. The van der Waals surface area contributed by atoms with Crippen molar-refractivity contribution in [2.45, 2.75) is 12.3 Å². The van der Waals surface area contributed by atoms with E-state index in [1.165, 1.54) is 5.56 Å². The number of hydrogen-bond donors (Lipinski definition) is 1. The fourth-order valence-corrected chi connectivity index (χ4v) is 2.27. The molecule has 2 rings (SSSR count). The Morgan fingerprint density at radius 2 is 1.67 bits per heavy atom. The Morgan fingerprint density at radius 3 is 2.22 bits per heavy atom. The van der Waals surface area contributed by atoms with E-state index in [1.54, 1.807) is 0 Å². The molecule has 1 nitrogen and oxygen atoms in total. The zero-order valence-electron chi connectivity index (χ0n) is 9.84. The average molecular weight is 276 g/mol. The summed E-state index contributed by atoms with van der Waals surface area (Å²) in [6.45, 7) is 0. The smallest absolute Gasteiger partial charge is 0.0806 e. The van der Waals surface area contributed by atoms with E-state index >= 15 is 0 Å². The lowest BCUT2D eigenvalue weighted by atomic mass is 9.92. The van der Waals surface area contributed by atoms with E-state index < -0.39 is 0 Å². The minimum atomic E-state index is 0.0552. The van der Waals surface area contributed by atoms with E-state index in [2.05, 4.69) is 12.1 Å². The van der Waals surface area contributed by atoms with E-state index in [0.717, 1.165) is 17.0 Å². The highest BCUT2D eigenvalue weighted by atomic mass is 35.5. The first-order chi connectivity index (χ1) is 8.66. The summed E-state index contributed by atoms with van der Waals surface area (Å²) in [5.41, 5.74) is 8.19. The Morgan fingerprint density at radius 1 is 1.06 bits per heavy atom. The van der Waals surface area contributed by atoms with Gasteiger partial charge in [0.05, 0.1) is 4.99 Å². The molecule has 0 aliphatic heterocycles. The van der Waals surface area contributed by atoms with Gasteiger partial charge in [0.2, 0.25) is 0 Å². The lowest BCUT2D eigenvalue weighted by molar-refractivity contribution is 0.881. The highest BCUT2D eigenvalue weighted by Gasteiger charge is 2.15. The molecule has 0 aliphatic rings. The number of benzene rings is 2. The Balaban J connectivity index is 2.24. The predicted molar refractivity (Wildman–Crippen MR) is 81.1 cm³/mol. The maximum absolute atomic E-state index is 5.89. The van der Waals surface area contributed by atoms with E-state index in [9.17, 15) is 0 Å². The Kier molecular flexibility index (Phi) is 4.34. The van der Waals surface area contributed by atoms with E-state index in [1.807, 2.05) is 42.5 Å². The van der Waals surface area contributed by atoms with Gasteiger partial charge in [-0.2, -0.15) is 0 Å². The van der Waals surface area contributed by atoms with Crippen LogP contribution in [0.25, 0.3) is 0 Å². The molecule has 0 heterocycles. The lowest BCUT2D eigenvalue weighted by Crippen LogP contribution is -2.21. The van der Waals surface area contributed by atoms with Crippen LogP contribution in [0.1, 0.15) is 17.0 Å². The largest absolute Gasteiger partial charge is 0.393 e. The molecule has 2 aromatic rings. The van der Waals surface area contributed by atoms with Crippen LogP contribution in [0.3, 0.4) is 0 Å². The van der Waals surface area contributed by atoms with Crippen molar-refractivity contribution in [3.05, 3.63) is 70.7 Å². The van der Waals surface area contributed by atoms with Crippen molar-refractivity contribution < 1.29 is 0 Å². The zero-order valence-corrected chi connectivity index (χ0v) is 11.4. The first-order valence-electron chi connectivity index (χ1n) is 5.75. The van der Waals surface area contributed by atoms with Crippen molar-refractivity contribution in [2.24, 2.45) is 5.73 Å². The minimum absolute atomic E-state index is 0.0552. The van der Waals surface area contributed by atoms with Crippen LogP contribution in [0.2, 0.25) is 5.02 Å². The Bertz CT molecular complexity index is 522. The molecule has 0 radical (unpaired) electrons. The first kappa shape index (κ1) is 13.1. The van der Waals surface area contributed by atoms with Crippen LogP contribution < -0.4 is 5.73 Å². The van der Waals surface area contributed by atoms with Crippen molar-refractivity contribution in [2.75, 3.05) is 0 Å². The van der Waals surface area contributed by atoms with Crippen LogP contribution in [0.5, 0.6) is 0 Å². The molecule has 2 N–H and O–H groups in total. The average Bonchev–Trinajstić information content (AvgIpc) is 2.38. The van der Waals surface area contributed by atoms with Gasteiger partial charge in [-0.05, 0) is 29.7 Å². The summed E-state index contributed by atoms with van der Waals surface area (Å²) in [4.78, 5) is 0.515. The molecule has 0 fully saturated rings. The monoisotopic (exact) mass is 275 g/mol. The van der Waals surface area contributed by atoms with Gasteiger partial charge in [0.1, 0.15) is 0 Å². The van der Waals surface area contributed by atoms with Crippen LogP contribution in [-0.4, -0.2) is 4.99 Å². The van der Waals surface area contributed by atoms with E-state index in [0.29, 0.717) is 4.99 Å². The van der Waals surface area contributed by atoms with Gasteiger partial charge < -0.3 is 5.73 Å². The fourth-order valence-electron chi connectivity index (χ4n) is 1.93. The molecule has 18 heavy (non-hydrogen) atoms. The quantitative estimate of drug-likeness (QED) is 0.855. The molecule has 0 aliphatic carbocycles. The molecule has 2 aromatic carbocycles. The number of nitrogens with two attached hydrogens (primary N) is 1. The van der Waals surface area contributed by atoms with Crippen LogP contribution in [0.15, 0.2) is 54.6 Å². The van der Waals surface area contributed by atoms with Gasteiger partial charge in [0.15, 0.2) is 0 Å². The van der Waals surface area contributed by atoms with Crippen LogP contribution in [0, 0.1) is 0 Å². The normalized spacial score (nSPS) is 12.1. The fraction of sp³-hybridized carbons (Fsp3) is 0.133. The van der Waals surface area contributed by atoms with Gasteiger partial charge in [-0.15, -0.1) is 0 Å². The summed E-state index contributed by atoms with van der Waals surface area (Å²) in [5, 5.41) is 0.722. The third-order valence-electron chi connectivity index (χ3n) is 2.90. The molecular formula is C15H14ClNS. The second-order valence-electron chi connectivity index (χ2n) is 4.20. The Labute approximate surface area is 118 Å². The van der Waals surface area contributed by atoms with Gasteiger partial charge in [-0.25, -0.2) is 0 Å². The van der Waals surface area contributed by atoms with Gasteiger partial charge in [0, 0.05) is 10.9 Å². The topological polar surface area (TPSA) is 26.0 Å². The molecule has 0 amide bonds. The maximum atomic E-state index is 5.89. The van der Waals surface area contributed by atoms with Gasteiger partial charge in [-0.3, -0.25) is 0 Å². The molecule has 0 spiro atoms. The van der Waals surface area contributed by atoms with Crippen molar-refractivity contribution in [3.8, 4) is 0 Å². The molecule has 92 valence electrons. The lowest BCUT2D eigenvalue weighted by Gasteiger charge is -2.16. The van der Waals surface area contributed by atoms with Crippen molar-refractivity contribution in [1.82, 2.24) is 0 Å². The summed E-state index contributed by atoms with van der Waals surface area (Å²) in [6, 6.07) is 17.9. The molecule has 0 saturated carbocycles. The third-order valence-corrected chi connectivity index (χ3v) is 3.43. The second kappa shape index (κ2) is 5.98. The van der Waals surface area contributed by atoms with Gasteiger partial charge >= 0.3 is 0 Å². The molecule has 0 saturated heterocycles. The second-order valence-corrected chi connectivity index (χ2v) is 5.10. The number of halogens is 1. The minimum Gasteiger partial charge on any atom is -0.393 e. The highest BCUT2D eigenvalue weighted by molar-refractivity contribution is 7.80. The standard InChI is InChI=1S/C15H14ClNS/c16-13-8-6-12(7-9-13)14(15(17)18)10-11-4-2-1-3-5-11/h1-9,14H,10H2,(H2,17,18). The van der Waals surface area contributed by atoms with Gasteiger partial charge in [0.25, 0.3) is 0 Å². The number of thiocarbonyl (C=S) groups is 1. The highest BCUT2D eigenvalue weighted by Crippen LogP contribution is 2.23. The van der Waals surface area contributed by atoms with E-state index in [-0.39, 0.29) is 5.92 Å². The van der Waals surface area contributed by atoms with Crippen molar-refractivity contribution in [3.63, 3.8) is 0 Å². The molecule has 1 atom stereocenters. The summed E-state index contributed by atoms with van der Waals surface area (Å²) < 4.78 is 0. The molecule has 0 bridgehead atoms. The summed E-state index contributed by atoms with van der Waals surface area (Å²) in [5.74, 6) is 0.0552.